The highest BCUT2D eigenvalue weighted by Crippen LogP contribution is 2.13. The van der Waals surface area contributed by atoms with Gasteiger partial charge in [0.1, 0.15) is 6.61 Å². The van der Waals surface area contributed by atoms with E-state index in [-0.39, 0.29) is 0 Å². The molecule has 13 heavy (non-hydrogen) atoms. The summed E-state index contributed by atoms with van der Waals surface area (Å²) in [6.07, 6.45) is 2.10. The molecule has 0 radical (unpaired) electrons. The quantitative estimate of drug-likeness (QED) is 0.639. The van der Waals surface area contributed by atoms with Gasteiger partial charge in [0.2, 0.25) is 0 Å². The van der Waals surface area contributed by atoms with Gasteiger partial charge in [-0.15, -0.1) is 0 Å². The molecule has 0 atom stereocenters. The van der Waals surface area contributed by atoms with Crippen LogP contribution in [0, 0.1) is 0 Å². The molecule has 1 aliphatic heterocycles. The van der Waals surface area contributed by atoms with Crippen molar-refractivity contribution in [1.82, 2.24) is 0 Å². The van der Waals surface area contributed by atoms with Gasteiger partial charge in [-0.05, 0) is 18.6 Å². The van der Waals surface area contributed by atoms with Crippen LogP contribution in [0.2, 0.25) is 0 Å². The third-order valence-electron chi connectivity index (χ3n) is 2.03. The van der Waals surface area contributed by atoms with Crippen molar-refractivity contribution in [2.75, 3.05) is 6.61 Å². The van der Waals surface area contributed by atoms with E-state index in [1.165, 1.54) is 5.56 Å². The fraction of sp³-hybridized carbons (Fsp3) is 0.182. The van der Waals surface area contributed by atoms with Gasteiger partial charge in [0.15, 0.2) is 0 Å². The highest BCUT2D eigenvalue weighted by molar-refractivity contribution is 6.02. The largest absolute Gasteiger partial charge is 0.391 e. The average Bonchev–Trinajstić information content (AvgIpc) is 2.54. The lowest BCUT2D eigenvalue weighted by molar-refractivity contribution is 0.187. The lowest BCUT2D eigenvalue weighted by Crippen LogP contribution is -1.93. The fourth-order valence-electron chi connectivity index (χ4n) is 1.26. The van der Waals surface area contributed by atoms with Crippen molar-refractivity contribution >= 4 is 11.8 Å². The molecule has 2 heteroatoms. The highest BCUT2D eigenvalue weighted by Gasteiger charge is 2.09. The first-order chi connectivity index (χ1) is 6.36. The van der Waals surface area contributed by atoms with E-state index >= 15 is 0 Å². The highest BCUT2D eigenvalue weighted by atomic mass is 16.6. The van der Waals surface area contributed by atoms with Crippen molar-refractivity contribution in [3.8, 4) is 0 Å². The number of hydrogen-bond donors (Lipinski definition) is 0. The summed E-state index contributed by atoms with van der Waals surface area (Å²) in [7, 11) is 0. The summed E-state index contributed by atoms with van der Waals surface area (Å²) in [5.74, 6) is 0. The molecule has 0 saturated heterocycles. The Kier molecular flexibility index (Phi) is 2.13. The van der Waals surface area contributed by atoms with Gasteiger partial charge in [-0.1, -0.05) is 35.5 Å². The van der Waals surface area contributed by atoms with Gasteiger partial charge < -0.3 is 4.84 Å². The van der Waals surface area contributed by atoms with Crippen molar-refractivity contribution in [2.45, 2.75) is 6.92 Å². The number of hydrogen-bond acceptors (Lipinski definition) is 2. The van der Waals surface area contributed by atoms with Crippen LogP contribution in [-0.2, 0) is 4.84 Å². The summed E-state index contributed by atoms with van der Waals surface area (Å²) in [4.78, 5) is 4.96. The lowest BCUT2D eigenvalue weighted by atomic mass is 10.1. The smallest absolute Gasteiger partial charge is 0.144 e. The standard InChI is InChI=1S/C11H11NO/c1-9-11(8-13-12-9)7-10-5-3-2-4-6-10/h2-7H,8H2,1H3/b11-7-. The van der Waals surface area contributed by atoms with Crippen LogP contribution in [0.5, 0.6) is 0 Å². The molecule has 1 aromatic carbocycles. The maximum Gasteiger partial charge on any atom is 0.144 e. The zero-order valence-corrected chi connectivity index (χ0v) is 7.53. The number of benzene rings is 1. The van der Waals surface area contributed by atoms with Gasteiger partial charge in [0, 0.05) is 5.57 Å². The summed E-state index contributed by atoms with van der Waals surface area (Å²) < 4.78 is 0. The van der Waals surface area contributed by atoms with Gasteiger partial charge in [0.25, 0.3) is 0 Å². The molecule has 0 N–H and O–H groups in total. The van der Waals surface area contributed by atoms with E-state index in [9.17, 15) is 0 Å². The second-order valence-corrected chi connectivity index (χ2v) is 3.03. The van der Waals surface area contributed by atoms with Crippen molar-refractivity contribution in [2.24, 2.45) is 5.16 Å². The molecule has 2 rings (SSSR count). The van der Waals surface area contributed by atoms with E-state index in [0.29, 0.717) is 6.61 Å². The van der Waals surface area contributed by atoms with E-state index in [4.69, 9.17) is 4.84 Å². The summed E-state index contributed by atoms with van der Waals surface area (Å²) in [5.41, 5.74) is 3.33. The zero-order chi connectivity index (χ0) is 9.10. The van der Waals surface area contributed by atoms with Gasteiger partial charge in [-0.2, -0.15) is 0 Å². The van der Waals surface area contributed by atoms with Crippen LogP contribution in [0.3, 0.4) is 0 Å². The Balaban J connectivity index is 2.26. The van der Waals surface area contributed by atoms with Crippen LogP contribution < -0.4 is 0 Å². The van der Waals surface area contributed by atoms with Gasteiger partial charge in [-0.3, -0.25) is 0 Å². The van der Waals surface area contributed by atoms with Gasteiger partial charge in [-0.25, -0.2) is 0 Å². The summed E-state index contributed by atoms with van der Waals surface area (Å²) in [6.45, 7) is 2.56. The summed E-state index contributed by atoms with van der Waals surface area (Å²) >= 11 is 0. The molecule has 0 spiro atoms. The van der Waals surface area contributed by atoms with Gasteiger partial charge in [0.05, 0.1) is 5.71 Å². The molecule has 0 aliphatic carbocycles. The monoisotopic (exact) mass is 173 g/mol. The molecule has 0 bridgehead atoms. The van der Waals surface area contributed by atoms with E-state index < -0.39 is 0 Å². The molecule has 0 unspecified atom stereocenters. The van der Waals surface area contributed by atoms with Gasteiger partial charge >= 0.3 is 0 Å². The Morgan fingerprint density at radius 1 is 1.31 bits per heavy atom. The minimum absolute atomic E-state index is 0.598. The minimum atomic E-state index is 0.598. The molecule has 2 nitrogen and oxygen atoms in total. The van der Waals surface area contributed by atoms with Crippen molar-refractivity contribution in [1.29, 1.82) is 0 Å². The van der Waals surface area contributed by atoms with Crippen LogP contribution in [0.25, 0.3) is 6.08 Å². The molecular weight excluding hydrogens is 162 g/mol. The van der Waals surface area contributed by atoms with E-state index in [1.54, 1.807) is 0 Å². The molecule has 66 valence electrons. The number of nitrogens with zero attached hydrogens (tertiary/aromatic N) is 1. The molecule has 0 aromatic heterocycles. The third kappa shape index (κ3) is 1.78. The molecule has 0 saturated carbocycles. The first kappa shape index (κ1) is 8.05. The number of rotatable bonds is 1. The minimum Gasteiger partial charge on any atom is -0.391 e. The SMILES string of the molecule is CC1=NOC/C1=C/c1ccccc1. The maximum absolute atomic E-state index is 4.96. The van der Waals surface area contributed by atoms with E-state index in [0.717, 1.165) is 11.3 Å². The molecular formula is C11H11NO. The molecule has 1 heterocycles. The Bertz CT molecular complexity index is 352. The molecule has 0 amide bonds. The normalized spacial score (nSPS) is 18.5. The Labute approximate surface area is 77.5 Å². The first-order valence-electron chi connectivity index (χ1n) is 4.29. The topological polar surface area (TPSA) is 21.6 Å². The van der Waals surface area contributed by atoms with Crippen LogP contribution in [0.4, 0.5) is 0 Å². The van der Waals surface area contributed by atoms with Crippen LogP contribution in [0.1, 0.15) is 12.5 Å². The molecule has 1 aromatic rings. The average molecular weight is 173 g/mol. The van der Waals surface area contributed by atoms with Crippen LogP contribution >= 0.6 is 0 Å². The molecule has 0 fully saturated rings. The summed E-state index contributed by atoms with van der Waals surface area (Å²) in [6, 6.07) is 10.2. The predicted molar refractivity (Wildman–Crippen MR) is 53.5 cm³/mol. The Morgan fingerprint density at radius 3 is 2.69 bits per heavy atom. The second kappa shape index (κ2) is 3.44. The summed E-state index contributed by atoms with van der Waals surface area (Å²) in [5, 5.41) is 3.86. The molecule has 1 aliphatic rings. The fourth-order valence-corrected chi connectivity index (χ4v) is 1.26. The Morgan fingerprint density at radius 2 is 2.08 bits per heavy atom. The lowest BCUT2D eigenvalue weighted by Gasteiger charge is -1.95. The van der Waals surface area contributed by atoms with E-state index in [1.807, 2.05) is 25.1 Å². The second-order valence-electron chi connectivity index (χ2n) is 3.03. The number of oxime groups is 1. The first-order valence-corrected chi connectivity index (χ1v) is 4.29. The van der Waals surface area contributed by atoms with Crippen molar-refractivity contribution < 1.29 is 4.84 Å². The van der Waals surface area contributed by atoms with Crippen LogP contribution in [-0.4, -0.2) is 12.3 Å². The zero-order valence-electron chi connectivity index (χ0n) is 7.53. The van der Waals surface area contributed by atoms with E-state index in [2.05, 4.69) is 23.4 Å². The predicted octanol–water partition coefficient (Wildman–Crippen LogP) is 2.48. The van der Waals surface area contributed by atoms with Crippen molar-refractivity contribution in [3.05, 3.63) is 41.5 Å². The third-order valence-corrected chi connectivity index (χ3v) is 2.03. The maximum atomic E-state index is 4.96. The van der Waals surface area contributed by atoms with Crippen LogP contribution in [0.15, 0.2) is 41.1 Å². The Hall–Kier alpha value is -1.57. The van der Waals surface area contributed by atoms with Crippen molar-refractivity contribution in [3.63, 3.8) is 0 Å².